The first-order valence-electron chi connectivity index (χ1n) is 7.85. The molecule has 0 fully saturated rings. The first kappa shape index (κ1) is 22.2. The number of aliphatic imine (C=N–C) groups is 1. The minimum absolute atomic E-state index is 0. The Morgan fingerprint density at radius 2 is 1.50 bits per heavy atom. The fourth-order valence-corrected chi connectivity index (χ4v) is 2.33. The molecule has 0 aliphatic rings. The van der Waals surface area contributed by atoms with Crippen molar-refractivity contribution in [2.45, 2.75) is 54.0 Å². The fraction of sp³-hybridized carbons (Fsp3) is 0.933. The number of nitrogens with one attached hydrogen (secondary N) is 2. The second-order valence-electron chi connectivity index (χ2n) is 5.25. The second kappa shape index (κ2) is 13.9. The topological polar surface area (TPSA) is 39.7 Å². The van der Waals surface area contributed by atoms with Crippen LogP contribution in [0.1, 0.15) is 48.0 Å². The zero-order chi connectivity index (χ0) is 14.7. The van der Waals surface area contributed by atoms with Crippen LogP contribution in [0.2, 0.25) is 0 Å². The third kappa shape index (κ3) is 9.80. The molecule has 0 spiro atoms. The lowest BCUT2D eigenvalue weighted by atomic mass is 10.0. The van der Waals surface area contributed by atoms with Crippen LogP contribution in [0.25, 0.3) is 0 Å². The second-order valence-corrected chi connectivity index (χ2v) is 5.25. The highest BCUT2D eigenvalue weighted by Gasteiger charge is 2.16. The average molecular weight is 398 g/mol. The molecular weight excluding hydrogens is 363 g/mol. The number of nitrogens with zero attached hydrogens (tertiary/aromatic N) is 2. The van der Waals surface area contributed by atoms with E-state index >= 15 is 0 Å². The monoisotopic (exact) mass is 398 g/mol. The van der Waals surface area contributed by atoms with Crippen LogP contribution in [0.15, 0.2) is 4.99 Å². The molecule has 1 unspecified atom stereocenters. The number of hydrogen-bond donors (Lipinski definition) is 2. The Morgan fingerprint density at radius 1 is 1.00 bits per heavy atom. The van der Waals surface area contributed by atoms with Gasteiger partial charge in [-0.25, -0.2) is 0 Å². The van der Waals surface area contributed by atoms with E-state index in [1.54, 1.807) is 0 Å². The molecule has 2 N–H and O–H groups in total. The van der Waals surface area contributed by atoms with Crippen LogP contribution in [0, 0.1) is 5.92 Å². The molecule has 122 valence electrons. The summed E-state index contributed by atoms with van der Waals surface area (Å²) in [5, 5.41) is 6.58. The van der Waals surface area contributed by atoms with Crippen molar-refractivity contribution in [3.8, 4) is 0 Å². The Hall–Kier alpha value is -0.0400. The van der Waals surface area contributed by atoms with Gasteiger partial charge in [-0.3, -0.25) is 9.89 Å². The third-order valence-corrected chi connectivity index (χ3v) is 3.22. The molecule has 0 saturated heterocycles. The Kier molecular flexibility index (Phi) is 15.5. The largest absolute Gasteiger partial charge is 0.357 e. The summed E-state index contributed by atoms with van der Waals surface area (Å²) in [4.78, 5) is 7.24. The normalized spacial score (nSPS) is 12.0. The molecule has 20 heavy (non-hydrogen) atoms. The van der Waals surface area contributed by atoms with Crippen molar-refractivity contribution in [2.75, 3.05) is 32.7 Å². The van der Waals surface area contributed by atoms with E-state index in [1.165, 1.54) is 6.42 Å². The molecule has 1 atom stereocenters. The highest BCUT2D eigenvalue weighted by Crippen LogP contribution is 2.12. The van der Waals surface area contributed by atoms with Crippen LogP contribution in [0.4, 0.5) is 0 Å². The van der Waals surface area contributed by atoms with Crippen molar-refractivity contribution in [1.29, 1.82) is 0 Å². The number of guanidine groups is 1. The van der Waals surface area contributed by atoms with E-state index in [0.29, 0.717) is 12.0 Å². The van der Waals surface area contributed by atoms with Crippen LogP contribution in [-0.4, -0.2) is 49.6 Å². The molecular formula is C15H35IN4. The third-order valence-electron chi connectivity index (χ3n) is 3.22. The Labute approximate surface area is 143 Å². The van der Waals surface area contributed by atoms with Crippen molar-refractivity contribution in [3.63, 3.8) is 0 Å². The van der Waals surface area contributed by atoms with E-state index in [9.17, 15) is 0 Å². The summed E-state index contributed by atoms with van der Waals surface area (Å²) in [6.07, 6.45) is 1.21. The van der Waals surface area contributed by atoms with Gasteiger partial charge in [0.2, 0.25) is 0 Å². The number of rotatable bonds is 9. The summed E-state index contributed by atoms with van der Waals surface area (Å²) in [7, 11) is 0. The van der Waals surface area contributed by atoms with E-state index in [4.69, 9.17) is 4.99 Å². The highest BCUT2D eigenvalue weighted by atomic mass is 127. The van der Waals surface area contributed by atoms with Crippen LogP contribution < -0.4 is 10.6 Å². The maximum absolute atomic E-state index is 4.73. The van der Waals surface area contributed by atoms with Gasteiger partial charge in [0, 0.05) is 19.1 Å². The molecule has 0 aromatic rings. The predicted octanol–water partition coefficient (Wildman–Crippen LogP) is 2.94. The first-order chi connectivity index (χ1) is 9.08. The summed E-state index contributed by atoms with van der Waals surface area (Å²) in [5.41, 5.74) is 0. The summed E-state index contributed by atoms with van der Waals surface area (Å²) in [6, 6.07) is 0.544. The van der Waals surface area contributed by atoms with Gasteiger partial charge in [-0.2, -0.15) is 0 Å². The number of likely N-dealkylation sites (N-methyl/N-ethyl adjacent to an activating group) is 1. The molecule has 0 radical (unpaired) electrons. The van der Waals surface area contributed by atoms with Gasteiger partial charge in [0.15, 0.2) is 5.96 Å². The van der Waals surface area contributed by atoms with Crippen molar-refractivity contribution >= 4 is 29.9 Å². The Bertz CT molecular complexity index is 232. The minimum Gasteiger partial charge on any atom is -0.357 e. The molecule has 5 heteroatoms. The molecule has 0 aliphatic heterocycles. The first-order valence-corrected chi connectivity index (χ1v) is 7.85. The number of hydrogen-bond acceptors (Lipinski definition) is 2. The summed E-state index contributed by atoms with van der Waals surface area (Å²) in [6.45, 7) is 18.1. The Morgan fingerprint density at radius 3 is 1.85 bits per heavy atom. The molecule has 0 amide bonds. The van der Waals surface area contributed by atoms with Gasteiger partial charge < -0.3 is 10.6 Å². The zero-order valence-electron chi connectivity index (χ0n) is 14.2. The highest BCUT2D eigenvalue weighted by molar-refractivity contribution is 14.0. The van der Waals surface area contributed by atoms with Crippen molar-refractivity contribution in [1.82, 2.24) is 15.5 Å². The van der Waals surface area contributed by atoms with Crippen LogP contribution in [-0.2, 0) is 0 Å². The SMILES string of the molecule is CCNC(=NCC(CC(C)C)N(CC)CC)NCC.I. The van der Waals surface area contributed by atoms with Gasteiger partial charge in [0.25, 0.3) is 0 Å². The maximum atomic E-state index is 4.73. The Balaban J connectivity index is 0. The summed E-state index contributed by atoms with van der Waals surface area (Å²) >= 11 is 0. The number of halogens is 1. The molecule has 0 saturated carbocycles. The molecule has 0 aromatic heterocycles. The van der Waals surface area contributed by atoms with Gasteiger partial charge in [-0.1, -0.05) is 27.7 Å². The van der Waals surface area contributed by atoms with Gasteiger partial charge in [0.05, 0.1) is 6.54 Å². The van der Waals surface area contributed by atoms with E-state index in [0.717, 1.165) is 38.7 Å². The maximum Gasteiger partial charge on any atom is 0.191 e. The quantitative estimate of drug-likeness (QED) is 0.357. The lowest BCUT2D eigenvalue weighted by Gasteiger charge is -2.30. The van der Waals surface area contributed by atoms with E-state index in [2.05, 4.69) is 57.1 Å². The smallest absolute Gasteiger partial charge is 0.191 e. The van der Waals surface area contributed by atoms with Gasteiger partial charge in [-0.05, 0) is 39.3 Å². The van der Waals surface area contributed by atoms with E-state index in [-0.39, 0.29) is 24.0 Å². The lowest BCUT2D eigenvalue weighted by Crippen LogP contribution is -2.41. The van der Waals surface area contributed by atoms with Gasteiger partial charge in [-0.15, -0.1) is 24.0 Å². The standard InChI is InChI=1S/C15H34N4.HI/c1-7-16-15(17-8-2)18-12-14(11-13(5)6)19(9-3)10-4;/h13-14H,7-12H2,1-6H3,(H2,16,17,18);1H. The molecule has 0 rings (SSSR count). The zero-order valence-corrected chi connectivity index (χ0v) is 16.5. The molecule has 0 aromatic carbocycles. The summed E-state index contributed by atoms with van der Waals surface area (Å²) < 4.78 is 0. The van der Waals surface area contributed by atoms with E-state index in [1.807, 2.05) is 0 Å². The van der Waals surface area contributed by atoms with Crippen LogP contribution in [0.5, 0.6) is 0 Å². The molecule has 4 nitrogen and oxygen atoms in total. The lowest BCUT2D eigenvalue weighted by molar-refractivity contribution is 0.196. The van der Waals surface area contributed by atoms with Crippen molar-refractivity contribution < 1.29 is 0 Å². The minimum atomic E-state index is 0. The molecule has 0 bridgehead atoms. The fourth-order valence-electron chi connectivity index (χ4n) is 2.33. The van der Waals surface area contributed by atoms with Crippen molar-refractivity contribution in [3.05, 3.63) is 0 Å². The van der Waals surface area contributed by atoms with Crippen molar-refractivity contribution in [2.24, 2.45) is 10.9 Å². The summed E-state index contributed by atoms with van der Waals surface area (Å²) in [5.74, 6) is 1.65. The molecule has 0 heterocycles. The van der Waals surface area contributed by atoms with E-state index < -0.39 is 0 Å². The molecule has 0 aliphatic carbocycles. The van der Waals surface area contributed by atoms with Crippen LogP contribution in [0.3, 0.4) is 0 Å². The van der Waals surface area contributed by atoms with Gasteiger partial charge in [0.1, 0.15) is 0 Å². The van der Waals surface area contributed by atoms with Gasteiger partial charge >= 0.3 is 0 Å². The average Bonchev–Trinajstić information content (AvgIpc) is 2.36. The predicted molar refractivity (Wildman–Crippen MR) is 101 cm³/mol. The van der Waals surface area contributed by atoms with Crippen LogP contribution >= 0.6 is 24.0 Å².